The number of hydrogen-bond acceptors (Lipinski definition) is 3. The molecule has 2 unspecified atom stereocenters. The summed E-state index contributed by atoms with van der Waals surface area (Å²) >= 11 is 5.92. The molecule has 4 nitrogen and oxygen atoms in total. The number of aliphatic hydroxyl groups is 1. The number of dihydropyridines is 1. The summed E-state index contributed by atoms with van der Waals surface area (Å²) in [6, 6.07) is 0. The van der Waals surface area contributed by atoms with Gasteiger partial charge in [-0.2, -0.15) is 0 Å². The van der Waals surface area contributed by atoms with Crippen molar-refractivity contribution in [3.63, 3.8) is 0 Å². The van der Waals surface area contributed by atoms with Gasteiger partial charge in [0.15, 0.2) is 0 Å². The highest BCUT2D eigenvalue weighted by atomic mass is 35.5. The van der Waals surface area contributed by atoms with Crippen molar-refractivity contribution in [3.8, 4) is 0 Å². The van der Waals surface area contributed by atoms with E-state index in [4.69, 9.17) is 11.6 Å². The number of alkyl halides is 2. The van der Waals surface area contributed by atoms with Gasteiger partial charge in [0, 0.05) is 17.5 Å². The molecule has 2 aliphatic rings. The molecule has 0 aromatic rings. The average molecular weight is 273 g/mol. The molecular weight excluding hydrogens is 259 g/mol. The monoisotopic (exact) mass is 272 g/mol. The van der Waals surface area contributed by atoms with Crippen molar-refractivity contribution in [3.05, 3.63) is 35.3 Å². The van der Waals surface area contributed by atoms with Gasteiger partial charge in [0.25, 0.3) is 0 Å². The van der Waals surface area contributed by atoms with Gasteiger partial charge in [0.05, 0.1) is 18.2 Å². The van der Waals surface area contributed by atoms with Crippen LogP contribution < -0.4 is 5.32 Å². The van der Waals surface area contributed by atoms with Crippen LogP contribution in [-0.4, -0.2) is 34.2 Å². The summed E-state index contributed by atoms with van der Waals surface area (Å²) in [4.78, 5) is 13.4. The van der Waals surface area contributed by atoms with E-state index in [0.717, 1.165) is 0 Å². The van der Waals surface area contributed by atoms with Crippen LogP contribution >= 0.6 is 11.6 Å². The maximum atomic E-state index is 12.9. The minimum absolute atomic E-state index is 0.00533. The average Bonchev–Trinajstić information content (AvgIpc) is 2.28. The molecule has 18 heavy (non-hydrogen) atoms. The fourth-order valence-electron chi connectivity index (χ4n) is 2.08. The summed E-state index contributed by atoms with van der Waals surface area (Å²) in [5.74, 6) is -0.265. The van der Waals surface area contributed by atoms with E-state index in [2.05, 4.69) is 5.32 Å². The first-order chi connectivity index (χ1) is 8.52. The molecule has 98 valence electrons. The lowest BCUT2D eigenvalue weighted by Crippen LogP contribution is -2.38. The molecule has 2 heterocycles. The second-order valence-electron chi connectivity index (χ2n) is 4.23. The number of nitrogens with zero attached hydrogens (tertiary/aromatic N) is 1. The topological polar surface area (TPSA) is 52.6 Å². The molecule has 0 fully saturated rings. The second-order valence-corrected chi connectivity index (χ2v) is 4.70. The minimum Gasteiger partial charge on any atom is -0.388 e. The van der Waals surface area contributed by atoms with Gasteiger partial charge in [-0.05, 0) is 19.1 Å². The quantitative estimate of drug-likeness (QED) is 0.590. The number of hydrogen-bond donors (Lipinski definition) is 2. The molecule has 0 spiro atoms. The third-order valence-corrected chi connectivity index (χ3v) is 3.11. The van der Waals surface area contributed by atoms with Crippen molar-refractivity contribution < 1.29 is 14.3 Å². The van der Waals surface area contributed by atoms with Crippen LogP contribution in [0.3, 0.4) is 0 Å². The number of amides is 1. The summed E-state index contributed by atoms with van der Waals surface area (Å²) < 4.78 is 12.9. The standard InChI is InChI=1S/C12H14ClFN2O2/c1-7-2-9(17)3-12(18)16(7)10-4-11(13)15-6-8(10)5-14/h2,4,6,9,11,15,17H,3,5H2,1H3. The zero-order chi connectivity index (χ0) is 13.3. The second kappa shape index (κ2) is 5.12. The van der Waals surface area contributed by atoms with Gasteiger partial charge in [-0.3, -0.25) is 9.69 Å². The Morgan fingerprint density at radius 2 is 2.33 bits per heavy atom. The molecular formula is C12H14ClFN2O2. The van der Waals surface area contributed by atoms with Crippen LogP contribution in [0.15, 0.2) is 35.3 Å². The molecule has 6 heteroatoms. The molecule has 2 N–H and O–H groups in total. The molecule has 1 amide bonds. The minimum atomic E-state index is -0.777. The molecule has 0 saturated carbocycles. The fraction of sp³-hybridized carbons (Fsp3) is 0.417. The first kappa shape index (κ1) is 13.1. The Bertz CT molecular complexity index is 459. The van der Waals surface area contributed by atoms with Gasteiger partial charge in [-0.1, -0.05) is 11.6 Å². The SMILES string of the molecule is CC1=CC(O)CC(=O)N1C1=CC(Cl)NC=C1CF. The summed E-state index contributed by atoms with van der Waals surface area (Å²) in [5, 5.41) is 12.2. The molecule has 0 bridgehead atoms. The number of rotatable bonds is 2. The zero-order valence-electron chi connectivity index (χ0n) is 9.86. The summed E-state index contributed by atoms with van der Waals surface area (Å²) in [6.45, 7) is 1.00. The first-order valence-electron chi connectivity index (χ1n) is 5.59. The molecule has 0 aromatic heterocycles. The number of allylic oxidation sites excluding steroid dienone is 2. The molecule has 2 rings (SSSR count). The number of carbonyl (C=O) groups excluding carboxylic acids is 1. The number of aliphatic hydroxyl groups excluding tert-OH is 1. The fourth-order valence-corrected chi connectivity index (χ4v) is 2.26. The molecule has 0 aliphatic carbocycles. The van der Waals surface area contributed by atoms with Crippen LogP contribution in [0.4, 0.5) is 4.39 Å². The third-order valence-electron chi connectivity index (χ3n) is 2.85. The van der Waals surface area contributed by atoms with Crippen LogP contribution in [0.5, 0.6) is 0 Å². The smallest absolute Gasteiger partial charge is 0.234 e. The predicted molar refractivity (Wildman–Crippen MR) is 66.1 cm³/mol. The van der Waals surface area contributed by atoms with Crippen molar-refractivity contribution in [2.75, 3.05) is 6.67 Å². The van der Waals surface area contributed by atoms with E-state index in [1.165, 1.54) is 11.1 Å². The van der Waals surface area contributed by atoms with Gasteiger partial charge in [0.2, 0.25) is 5.91 Å². The highest BCUT2D eigenvalue weighted by Crippen LogP contribution is 2.28. The molecule has 0 radical (unpaired) electrons. The van der Waals surface area contributed by atoms with Crippen LogP contribution in [0.25, 0.3) is 0 Å². The molecule has 2 atom stereocenters. The van der Waals surface area contributed by atoms with Crippen LogP contribution in [0, 0.1) is 0 Å². The number of halogens is 2. The van der Waals surface area contributed by atoms with E-state index in [1.54, 1.807) is 19.1 Å². The lowest BCUT2D eigenvalue weighted by Gasteiger charge is -2.33. The molecule has 2 aliphatic heterocycles. The van der Waals surface area contributed by atoms with Gasteiger partial charge >= 0.3 is 0 Å². The van der Waals surface area contributed by atoms with Gasteiger partial charge in [-0.25, -0.2) is 4.39 Å². The Balaban J connectivity index is 2.37. The van der Waals surface area contributed by atoms with Gasteiger partial charge < -0.3 is 10.4 Å². The van der Waals surface area contributed by atoms with E-state index in [0.29, 0.717) is 17.0 Å². The van der Waals surface area contributed by atoms with E-state index < -0.39 is 18.3 Å². The Morgan fingerprint density at radius 1 is 1.61 bits per heavy atom. The first-order valence-corrected chi connectivity index (χ1v) is 6.03. The lowest BCUT2D eigenvalue weighted by molar-refractivity contribution is -0.130. The summed E-state index contributed by atoms with van der Waals surface area (Å²) in [5.41, 5.74) is 0.907. The Morgan fingerprint density at radius 3 is 2.94 bits per heavy atom. The van der Waals surface area contributed by atoms with Gasteiger partial charge in [0.1, 0.15) is 12.2 Å². The summed E-state index contributed by atoms with van der Waals surface area (Å²) in [7, 11) is 0. The maximum absolute atomic E-state index is 12.9. The largest absolute Gasteiger partial charge is 0.388 e. The predicted octanol–water partition coefficient (Wildman–Crippen LogP) is 1.39. The normalized spacial score (nSPS) is 28.3. The van der Waals surface area contributed by atoms with E-state index in [1.807, 2.05) is 0 Å². The Labute approximate surface area is 109 Å². The maximum Gasteiger partial charge on any atom is 0.234 e. The van der Waals surface area contributed by atoms with Crippen molar-refractivity contribution in [1.82, 2.24) is 10.2 Å². The Kier molecular flexibility index (Phi) is 3.73. The highest BCUT2D eigenvalue weighted by molar-refractivity contribution is 6.21. The number of carbonyl (C=O) groups is 1. The van der Waals surface area contributed by atoms with E-state index in [-0.39, 0.29) is 12.3 Å². The molecule has 0 saturated heterocycles. The van der Waals surface area contributed by atoms with E-state index >= 15 is 0 Å². The highest BCUT2D eigenvalue weighted by Gasteiger charge is 2.30. The molecule has 0 aromatic carbocycles. The van der Waals surface area contributed by atoms with Crippen molar-refractivity contribution >= 4 is 17.5 Å². The zero-order valence-corrected chi connectivity index (χ0v) is 10.6. The third kappa shape index (κ3) is 2.42. The van der Waals surface area contributed by atoms with Gasteiger partial charge in [-0.15, -0.1) is 0 Å². The van der Waals surface area contributed by atoms with E-state index in [9.17, 15) is 14.3 Å². The lowest BCUT2D eigenvalue weighted by atomic mass is 10.0. The van der Waals surface area contributed by atoms with Crippen molar-refractivity contribution in [1.29, 1.82) is 0 Å². The van der Waals surface area contributed by atoms with Crippen LogP contribution in [-0.2, 0) is 4.79 Å². The van der Waals surface area contributed by atoms with Crippen molar-refractivity contribution in [2.45, 2.75) is 24.9 Å². The van der Waals surface area contributed by atoms with Crippen LogP contribution in [0.1, 0.15) is 13.3 Å². The van der Waals surface area contributed by atoms with Crippen LogP contribution in [0.2, 0.25) is 0 Å². The Hall–Kier alpha value is -1.33. The number of nitrogens with one attached hydrogen (secondary N) is 1. The summed E-state index contributed by atoms with van der Waals surface area (Å²) in [6.07, 6.45) is 3.85. The van der Waals surface area contributed by atoms with Crippen molar-refractivity contribution in [2.24, 2.45) is 0 Å².